The minimum Gasteiger partial charge on any atom is -0.301 e. The van der Waals surface area contributed by atoms with Gasteiger partial charge in [0, 0.05) is 19.3 Å². The molecule has 0 unspecified atom stereocenters. The van der Waals surface area contributed by atoms with E-state index in [2.05, 4.69) is 6.04 Å². The molecule has 0 bridgehead atoms. The van der Waals surface area contributed by atoms with Crippen LogP contribution in [0.4, 0.5) is 0 Å². The molecule has 0 aromatic carbocycles. The molecule has 0 atom stereocenters. The van der Waals surface area contributed by atoms with Crippen LogP contribution in [0.1, 0.15) is 10.5 Å². The van der Waals surface area contributed by atoms with E-state index < -0.39 is 0 Å². The van der Waals surface area contributed by atoms with Crippen molar-refractivity contribution in [1.82, 2.24) is 9.13 Å². The molecule has 0 saturated carbocycles. The summed E-state index contributed by atoms with van der Waals surface area (Å²) in [5.74, 6) is 0. The van der Waals surface area contributed by atoms with E-state index in [1.54, 1.807) is 0 Å². The molecule has 56 valence electrons. The van der Waals surface area contributed by atoms with Crippen LogP contribution in [-0.4, -0.2) is 15.4 Å². The summed E-state index contributed by atoms with van der Waals surface area (Å²) in [5, 5.41) is 0. The van der Waals surface area contributed by atoms with E-state index in [0.717, 1.165) is 4.57 Å². The highest BCUT2D eigenvalue weighted by molar-refractivity contribution is 5.72. The van der Waals surface area contributed by atoms with Crippen molar-refractivity contribution in [2.24, 2.45) is 7.05 Å². The third kappa shape index (κ3) is 0.964. The van der Waals surface area contributed by atoms with Crippen molar-refractivity contribution in [3.8, 4) is 12.5 Å². The molecule has 1 heterocycles. The first-order valence-corrected chi connectivity index (χ1v) is 2.91. The fourth-order valence-corrected chi connectivity index (χ4v) is 0.792. The summed E-state index contributed by atoms with van der Waals surface area (Å²) in [4.78, 5) is 21.3. The highest BCUT2D eigenvalue weighted by Gasteiger charge is 2.04. The third-order valence-corrected chi connectivity index (χ3v) is 1.33. The quantitative estimate of drug-likeness (QED) is 0.398. The molecule has 0 N–H and O–H groups in total. The Kier molecular flexibility index (Phi) is 1.65. The van der Waals surface area contributed by atoms with Crippen molar-refractivity contribution in [1.29, 1.82) is 0 Å². The zero-order chi connectivity index (χ0) is 8.43. The van der Waals surface area contributed by atoms with Crippen LogP contribution in [0.3, 0.4) is 0 Å². The second-order valence-corrected chi connectivity index (χ2v) is 2.03. The summed E-state index contributed by atoms with van der Waals surface area (Å²) >= 11 is 0. The molecule has 4 nitrogen and oxygen atoms in total. The van der Waals surface area contributed by atoms with Gasteiger partial charge < -0.3 is 4.57 Å². The number of terminal acetylenes is 1. The van der Waals surface area contributed by atoms with Gasteiger partial charge in [-0.15, -0.1) is 0 Å². The van der Waals surface area contributed by atoms with Crippen LogP contribution in [-0.2, 0) is 7.05 Å². The fourth-order valence-electron chi connectivity index (χ4n) is 0.792. The zero-order valence-corrected chi connectivity index (χ0v) is 5.94. The molecule has 0 aliphatic rings. The molecule has 4 heteroatoms. The van der Waals surface area contributed by atoms with E-state index in [1.807, 2.05) is 0 Å². The lowest BCUT2D eigenvalue weighted by Gasteiger charge is -1.85. The van der Waals surface area contributed by atoms with Crippen LogP contribution in [0.25, 0.3) is 0 Å². The molecule has 0 spiro atoms. The van der Waals surface area contributed by atoms with Gasteiger partial charge in [-0.3, -0.25) is 4.79 Å². The minimum atomic E-state index is -0.380. The number of nitrogens with zero attached hydrogens (tertiary/aromatic N) is 2. The van der Waals surface area contributed by atoms with Crippen molar-refractivity contribution >= 4 is 6.29 Å². The Morgan fingerprint density at radius 1 is 1.73 bits per heavy atom. The Labute approximate surface area is 63.1 Å². The standard InChI is InChI=1S/C7H6N2O2/c1-3-9-6(5-10)4-8(2)7(9)11/h1,4-5H,2H3. The average molecular weight is 150 g/mol. The van der Waals surface area contributed by atoms with E-state index in [1.165, 1.54) is 17.8 Å². The Bertz CT molecular complexity index is 378. The molecular formula is C7H6N2O2. The van der Waals surface area contributed by atoms with Gasteiger partial charge >= 0.3 is 5.69 Å². The largest absolute Gasteiger partial charge is 0.340 e. The third-order valence-electron chi connectivity index (χ3n) is 1.33. The second kappa shape index (κ2) is 2.46. The zero-order valence-electron chi connectivity index (χ0n) is 5.94. The molecule has 0 aliphatic heterocycles. The molecule has 0 aliphatic carbocycles. The lowest BCUT2D eigenvalue weighted by Crippen LogP contribution is -2.20. The van der Waals surface area contributed by atoms with Gasteiger partial charge in [-0.05, 0) is 0 Å². The number of hydrogen-bond acceptors (Lipinski definition) is 2. The van der Waals surface area contributed by atoms with Gasteiger partial charge in [0.05, 0.1) is 0 Å². The van der Waals surface area contributed by atoms with Gasteiger partial charge in [0.2, 0.25) is 0 Å². The number of hydrogen-bond donors (Lipinski definition) is 0. The van der Waals surface area contributed by atoms with E-state index in [9.17, 15) is 9.59 Å². The van der Waals surface area contributed by atoms with Crippen LogP contribution in [0.15, 0.2) is 11.0 Å². The molecule has 1 aromatic heterocycles. The Morgan fingerprint density at radius 2 is 2.36 bits per heavy atom. The van der Waals surface area contributed by atoms with Crippen LogP contribution in [0, 0.1) is 12.5 Å². The molecule has 0 radical (unpaired) electrons. The maximum Gasteiger partial charge on any atom is 0.340 e. The first kappa shape index (κ1) is 7.35. The van der Waals surface area contributed by atoms with Gasteiger partial charge in [0.1, 0.15) is 5.69 Å². The number of aromatic nitrogens is 2. The monoisotopic (exact) mass is 150 g/mol. The van der Waals surface area contributed by atoms with Gasteiger partial charge in [-0.2, -0.15) is 0 Å². The highest BCUT2D eigenvalue weighted by Crippen LogP contribution is 1.88. The first-order chi connectivity index (χ1) is 5.20. The molecule has 11 heavy (non-hydrogen) atoms. The van der Waals surface area contributed by atoms with Gasteiger partial charge in [0.15, 0.2) is 6.29 Å². The first-order valence-electron chi connectivity index (χ1n) is 2.91. The van der Waals surface area contributed by atoms with Gasteiger partial charge in [-0.1, -0.05) is 6.42 Å². The van der Waals surface area contributed by atoms with Crippen molar-refractivity contribution in [3.63, 3.8) is 0 Å². The Hall–Kier alpha value is -1.76. The number of imidazole rings is 1. The van der Waals surface area contributed by atoms with E-state index in [4.69, 9.17) is 6.42 Å². The predicted molar refractivity (Wildman–Crippen MR) is 39.3 cm³/mol. The maximum absolute atomic E-state index is 11.0. The summed E-state index contributed by atoms with van der Waals surface area (Å²) in [6.45, 7) is 0. The summed E-state index contributed by atoms with van der Waals surface area (Å²) in [7, 11) is 1.53. The Morgan fingerprint density at radius 3 is 2.73 bits per heavy atom. The SMILES string of the molecule is C#Cn1c(C=O)cn(C)c1=O. The smallest absolute Gasteiger partial charge is 0.301 e. The lowest BCUT2D eigenvalue weighted by molar-refractivity contribution is 0.111. The van der Waals surface area contributed by atoms with Crippen LogP contribution in [0.2, 0.25) is 0 Å². The van der Waals surface area contributed by atoms with Crippen LogP contribution in [0.5, 0.6) is 0 Å². The molecule has 1 aromatic rings. The lowest BCUT2D eigenvalue weighted by atomic mass is 10.5. The highest BCUT2D eigenvalue weighted by atomic mass is 16.2. The Balaban J connectivity index is 3.54. The minimum absolute atomic E-state index is 0.194. The topological polar surface area (TPSA) is 44.0 Å². The van der Waals surface area contributed by atoms with E-state index in [0.29, 0.717) is 6.29 Å². The molecule has 0 amide bonds. The van der Waals surface area contributed by atoms with Crippen molar-refractivity contribution < 1.29 is 4.79 Å². The number of carbonyl (C=O) groups excluding carboxylic acids is 1. The second-order valence-electron chi connectivity index (χ2n) is 2.03. The van der Waals surface area contributed by atoms with Crippen molar-refractivity contribution in [3.05, 3.63) is 22.4 Å². The molecular weight excluding hydrogens is 144 g/mol. The normalized spacial score (nSPS) is 9.09. The number of rotatable bonds is 1. The summed E-state index contributed by atoms with van der Waals surface area (Å²) in [5.41, 5.74) is -0.186. The van der Waals surface area contributed by atoms with Gasteiger partial charge in [0.25, 0.3) is 0 Å². The fraction of sp³-hybridized carbons (Fsp3) is 0.143. The number of aldehydes is 1. The number of aryl methyl sites for hydroxylation is 1. The summed E-state index contributed by atoms with van der Waals surface area (Å²) in [6, 6.07) is 2.09. The van der Waals surface area contributed by atoms with Crippen LogP contribution < -0.4 is 5.69 Å². The van der Waals surface area contributed by atoms with Gasteiger partial charge in [-0.25, -0.2) is 9.36 Å². The maximum atomic E-state index is 11.0. The number of carbonyl (C=O) groups is 1. The molecule has 0 fully saturated rings. The van der Waals surface area contributed by atoms with Crippen molar-refractivity contribution in [2.45, 2.75) is 0 Å². The van der Waals surface area contributed by atoms with E-state index in [-0.39, 0.29) is 11.4 Å². The summed E-state index contributed by atoms with van der Waals surface area (Å²) < 4.78 is 2.20. The van der Waals surface area contributed by atoms with E-state index >= 15 is 0 Å². The molecule has 1 rings (SSSR count). The van der Waals surface area contributed by atoms with Crippen LogP contribution >= 0.6 is 0 Å². The average Bonchev–Trinajstić information content (AvgIpc) is 2.28. The predicted octanol–water partition coefficient (Wildman–Crippen LogP) is -0.562. The van der Waals surface area contributed by atoms with Crippen molar-refractivity contribution in [2.75, 3.05) is 0 Å². The molecule has 0 saturated heterocycles. The summed E-state index contributed by atoms with van der Waals surface area (Å²) in [6.07, 6.45) is 6.91.